The van der Waals surface area contributed by atoms with Gasteiger partial charge in [-0.25, -0.2) is 13.4 Å². The SMILES string of the molecule is CC(Oc1ccccc1)C(=O)N1CCc2cc(S(=O)(=O)Nc3ncns3)ccc21. The number of anilines is 2. The zero-order chi connectivity index (χ0) is 20.4. The number of rotatable bonds is 6. The highest BCUT2D eigenvalue weighted by atomic mass is 32.2. The minimum atomic E-state index is -3.77. The number of aromatic nitrogens is 2. The number of hydrogen-bond donors (Lipinski definition) is 1. The van der Waals surface area contributed by atoms with Crippen molar-refractivity contribution in [2.24, 2.45) is 0 Å². The molecule has 1 aliphatic rings. The van der Waals surface area contributed by atoms with E-state index in [0.29, 0.717) is 24.4 Å². The third-order valence-corrected chi connectivity index (χ3v) is 6.56. The zero-order valence-corrected chi connectivity index (χ0v) is 17.1. The van der Waals surface area contributed by atoms with Crippen molar-refractivity contribution in [2.45, 2.75) is 24.3 Å². The predicted molar refractivity (Wildman–Crippen MR) is 110 cm³/mol. The number of para-hydroxylation sites is 1. The van der Waals surface area contributed by atoms with E-state index in [0.717, 1.165) is 17.1 Å². The molecular weight excluding hydrogens is 412 g/mol. The number of ether oxygens (including phenoxy) is 1. The van der Waals surface area contributed by atoms with Gasteiger partial charge in [-0.3, -0.25) is 9.52 Å². The molecule has 8 nitrogen and oxygen atoms in total. The average Bonchev–Trinajstić information content (AvgIpc) is 3.37. The van der Waals surface area contributed by atoms with Crippen LogP contribution in [0.15, 0.2) is 59.8 Å². The van der Waals surface area contributed by atoms with Crippen LogP contribution in [0.3, 0.4) is 0 Å². The molecular formula is C19H18N4O4S2. The number of amides is 1. The van der Waals surface area contributed by atoms with Gasteiger partial charge < -0.3 is 9.64 Å². The van der Waals surface area contributed by atoms with E-state index in [-0.39, 0.29) is 15.9 Å². The van der Waals surface area contributed by atoms with Crippen LogP contribution in [0.25, 0.3) is 0 Å². The molecule has 0 fully saturated rings. The monoisotopic (exact) mass is 430 g/mol. The fourth-order valence-corrected chi connectivity index (χ4v) is 4.85. The van der Waals surface area contributed by atoms with Gasteiger partial charge in [0, 0.05) is 23.8 Å². The second kappa shape index (κ2) is 7.80. The molecule has 2 aromatic carbocycles. The lowest BCUT2D eigenvalue weighted by Crippen LogP contribution is -2.39. The number of carbonyl (C=O) groups excluding carboxylic acids is 1. The van der Waals surface area contributed by atoms with E-state index in [9.17, 15) is 13.2 Å². The summed E-state index contributed by atoms with van der Waals surface area (Å²) in [7, 11) is -3.77. The highest BCUT2D eigenvalue weighted by Crippen LogP contribution is 2.31. The minimum Gasteiger partial charge on any atom is -0.481 e. The first-order chi connectivity index (χ1) is 13.9. The molecule has 1 amide bonds. The maximum Gasteiger partial charge on any atom is 0.267 e. The summed E-state index contributed by atoms with van der Waals surface area (Å²) in [4.78, 5) is 18.5. The smallest absolute Gasteiger partial charge is 0.267 e. The van der Waals surface area contributed by atoms with Gasteiger partial charge in [-0.15, -0.1) is 0 Å². The number of nitrogens with zero attached hydrogens (tertiary/aromatic N) is 3. The summed E-state index contributed by atoms with van der Waals surface area (Å²) in [6.07, 6.45) is 1.19. The highest BCUT2D eigenvalue weighted by Gasteiger charge is 2.30. The second-order valence-corrected chi connectivity index (χ2v) is 8.92. The molecule has 1 aromatic heterocycles. The summed E-state index contributed by atoms with van der Waals surface area (Å²) in [5.41, 5.74) is 1.50. The third kappa shape index (κ3) is 4.08. The molecule has 10 heteroatoms. The summed E-state index contributed by atoms with van der Waals surface area (Å²) < 4.78 is 37.0. The van der Waals surface area contributed by atoms with Crippen molar-refractivity contribution >= 4 is 38.3 Å². The number of hydrogen-bond acceptors (Lipinski definition) is 7. The summed E-state index contributed by atoms with van der Waals surface area (Å²) in [6, 6.07) is 13.9. The Balaban J connectivity index is 1.51. The van der Waals surface area contributed by atoms with E-state index in [4.69, 9.17) is 4.74 Å². The Morgan fingerprint density at radius 1 is 1.24 bits per heavy atom. The van der Waals surface area contributed by atoms with Crippen molar-refractivity contribution in [3.63, 3.8) is 0 Å². The normalized spacial score (nSPS) is 14.3. The molecule has 1 atom stereocenters. The van der Waals surface area contributed by atoms with Crippen molar-refractivity contribution in [3.05, 3.63) is 60.4 Å². The molecule has 4 rings (SSSR count). The lowest BCUT2D eigenvalue weighted by Gasteiger charge is -2.22. The van der Waals surface area contributed by atoms with Gasteiger partial charge in [0.25, 0.3) is 15.9 Å². The molecule has 0 saturated carbocycles. The van der Waals surface area contributed by atoms with Crippen LogP contribution in [0.5, 0.6) is 5.75 Å². The first-order valence-corrected chi connectivity index (χ1v) is 11.2. The number of benzene rings is 2. The number of nitrogens with one attached hydrogen (secondary N) is 1. The van der Waals surface area contributed by atoms with Crippen LogP contribution < -0.4 is 14.4 Å². The number of sulfonamides is 1. The Labute approximate surface area is 172 Å². The van der Waals surface area contributed by atoms with E-state index in [1.165, 1.54) is 12.4 Å². The van der Waals surface area contributed by atoms with E-state index in [1.807, 2.05) is 18.2 Å². The number of carbonyl (C=O) groups is 1. The molecule has 0 aliphatic carbocycles. The van der Waals surface area contributed by atoms with Gasteiger partial charge >= 0.3 is 0 Å². The fourth-order valence-electron chi connectivity index (χ4n) is 3.14. The Morgan fingerprint density at radius 3 is 2.76 bits per heavy atom. The molecule has 0 spiro atoms. The first kappa shape index (κ1) is 19.3. The number of fused-ring (bicyclic) bond motifs is 1. The maximum absolute atomic E-state index is 12.9. The summed E-state index contributed by atoms with van der Waals surface area (Å²) in [5.74, 6) is 0.451. The van der Waals surface area contributed by atoms with Crippen LogP contribution in [0.2, 0.25) is 0 Å². The molecule has 0 saturated heterocycles. The van der Waals surface area contributed by atoms with Crippen molar-refractivity contribution in [2.75, 3.05) is 16.2 Å². The van der Waals surface area contributed by atoms with Crippen molar-refractivity contribution in [1.82, 2.24) is 9.36 Å². The quantitative estimate of drug-likeness (QED) is 0.645. The highest BCUT2D eigenvalue weighted by molar-refractivity contribution is 7.93. The molecule has 29 heavy (non-hydrogen) atoms. The van der Waals surface area contributed by atoms with Crippen LogP contribution in [0.4, 0.5) is 10.8 Å². The van der Waals surface area contributed by atoms with Crippen LogP contribution in [0.1, 0.15) is 12.5 Å². The van der Waals surface area contributed by atoms with Crippen molar-refractivity contribution in [1.29, 1.82) is 0 Å². The van der Waals surface area contributed by atoms with E-state index in [1.54, 1.807) is 36.1 Å². The average molecular weight is 431 g/mol. The van der Waals surface area contributed by atoms with Crippen LogP contribution in [-0.2, 0) is 21.2 Å². The summed E-state index contributed by atoms with van der Waals surface area (Å²) >= 11 is 0.960. The standard InChI is InChI=1S/C19H18N4O4S2/c1-13(27-15-5-3-2-4-6-15)18(24)23-10-9-14-11-16(7-8-17(14)23)29(25,26)22-19-20-12-21-28-19/h2-8,11-13H,9-10H2,1H3,(H,20,21,22). The van der Waals surface area contributed by atoms with Crippen LogP contribution >= 0.6 is 11.5 Å². The molecule has 2 heterocycles. The van der Waals surface area contributed by atoms with Gasteiger partial charge in [-0.05, 0) is 49.2 Å². The molecule has 0 bridgehead atoms. The predicted octanol–water partition coefficient (Wildman–Crippen LogP) is 2.70. The lowest BCUT2D eigenvalue weighted by atomic mass is 10.2. The maximum atomic E-state index is 12.9. The Bertz CT molecular complexity index is 1120. The largest absolute Gasteiger partial charge is 0.481 e. The van der Waals surface area contributed by atoms with Crippen molar-refractivity contribution in [3.8, 4) is 5.75 Å². The van der Waals surface area contributed by atoms with E-state index in [2.05, 4.69) is 14.1 Å². The van der Waals surface area contributed by atoms with E-state index < -0.39 is 16.1 Å². The van der Waals surface area contributed by atoms with Crippen LogP contribution in [0, 0.1) is 0 Å². The summed E-state index contributed by atoms with van der Waals surface area (Å²) in [6.45, 7) is 2.18. The molecule has 1 unspecified atom stereocenters. The molecule has 150 valence electrons. The van der Waals surface area contributed by atoms with Gasteiger partial charge in [-0.2, -0.15) is 4.37 Å². The fraction of sp³-hybridized carbons (Fsp3) is 0.211. The van der Waals surface area contributed by atoms with Gasteiger partial charge in [0.1, 0.15) is 12.1 Å². The van der Waals surface area contributed by atoms with Gasteiger partial charge in [0.05, 0.1) is 4.90 Å². The zero-order valence-electron chi connectivity index (χ0n) is 15.5. The van der Waals surface area contributed by atoms with Crippen molar-refractivity contribution < 1.29 is 17.9 Å². The Morgan fingerprint density at radius 2 is 2.03 bits per heavy atom. The van der Waals surface area contributed by atoms with Gasteiger partial charge in [0.15, 0.2) is 6.10 Å². The first-order valence-electron chi connectivity index (χ1n) is 8.89. The topological polar surface area (TPSA) is 101 Å². The molecule has 1 aliphatic heterocycles. The third-order valence-electron chi connectivity index (χ3n) is 4.51. The summed E-state index contributed by atoms with van der Waals surface area (Å²) in [5, 5.41) is 0.203. The van der Waals surface area contributed by atoms with Gasteiger partial charge in [-0.1, -0.05) is 18.2 Å². The molecule has 0 radical (unpaired) electrons. The van der Waals surface area contributed by atoms with E-state index >= 15 is 0 Å². The second-order valence-electron chi connectivity index (χ2n) is 6.46. The Kier molecular flexibility index (Phi) is 5.20. The lowest BCUT2D eigenvalue weighted by molar-refractivity contribution is -0.124. The molecule has 3 aromatic rings. The van der Waals surface area contributed by atoms with Gasteiger partial charge in [0.2, 0.25) is 5.13 Å². The minimum absolute atomic E-state index is 0.120. The molecule has 1 N–H and O–H groups in total. The Hall–Kier alpha value is -2.98. The van der Waals surface area contributed by atoms with Crippen LogP contribution in [-0.4, -0.2) is 36.3 Å².